The molecule has 2 N–H and O–H groups in total. The summed E-state index contributed by atoms with van der Waals surface area (Å²) in [5.41, 5.74) is 0.767. The zero-order chi connectivity index (χ0) is 12.1. The van der Waals surface area contributed by atoms with Crippen molar-refractivity contribution in [3.05, 3.63) is 11.6 Å². The monoisotopic (exact) mass is 226 g/mol. The van der Waals surface area contributed by atoms with Gasteiger partial charge in [0.15, 0.2) is 0 Å². The van der Waals surface area contributed by atoms with Gasteiger partial charge in [0.25, 0.3) is 0 Å². The van der Waals surface area contributed by atoms with Gasteiger partial charge >= 0.3 is 5.97 Å². The summed E-state index contributed by atoms with van der Waals surface area (Å²) in [6.45, 7) is 3.17. The summed E-state index contributed by atoms with van der Waals surface area (Å²) in [5, 5.41) is 11.2. The number of carboxylic acid groups (broad SMARTS) is 1. The molecule has 16 heavy (non-hydrogen) atoms. The van der Waals surface area contributed by atoms with Crippen LogP contribution in [0.1, 0.15) is 19.8 Å². The molecule has 5 heteroatoms. The molecule has 5 nitrogen and oxygen atoms in total. The van der Waals surface area contributed by atoms with Crippen molar-refractivity contribution in [2.24, 2.45) is 0 Å². The third kappa shape index (κ3) is 3.34. The van der Waals surface area contributed by atoms with Crippen molar-refractivity contribution in [2.75, 3.05) is 20.1 Å². The number of hydrogen-bond acceptors (Lipinski definition) is 3. The Labute approximate surface area is 95.1 Å². The number of amides is 1. The molecule has 1 amide bonds. The number of likely N-dealkylation sites (tertiary alicyclic amines) is 1. The van der Waals surface area contributed by atoms with E-state index in [9.17, 15) is 9.59 Å². The molecular weight excluding hydrogens is 208 g/mol. The van der Waals surface area contributed by atoms with Gasteiger partial charge < -0.3 is 10.4 Å². The number of rotatable bonds is 4. The van der Waals surface area contributed by atoms with E-state index in [0.29, 0.717) is 6.54 Å². The highest BCUT2D eigenvalue weighted by Crippen LogP contribution is 2.18. The highest BCUT2D eigenvalue weighted by molar-refractivity contribution is 5.82. The molecule has 0 aliphatic carbocycles. The average molecular weight is 226 g/mol. The molecule has 90 valence electrons. The van der Waals surface area contributed by atoms with E-state index in [4.69, 9.17) is 5.11 Å². The minimum Gasteiger partial charge on any atom is -0.478 e. The van der Waals surface area contributed by atoms with Gasteiger partial charge in [0.2, 0.25) is 5.91 Å². The van der Waals surface area contributed by atoms with E-state index < -0.39 is 5.97 Å². The Morgan fingerprint density at radius 1 is 1.56 bits per heavy atom. The Hall–Kier alpha value is -1.36. The van der Waals surface area contributed by atoms with Crippen LogP contribution in [0.15, 0.2) is 11.6 Å². The topological polar surface area (TPSA) is 69.6 Å². The maximum Gasteiger partial charge on any atom is 0.328 e. The number of nitrogens with zero attached hydrogens (tertiary/aromatic N) is 1. The van der Waals surface area contributed by atoms with Gasteiger partial charge in [0, 0.05) is 19.7 Å². The van der Waals surface area contributed by atoms with Crippen molar-refractivity contribution in [3.63, 3.8) is 0 Å². The van der Waals surface area contributed by atoms with Gasteiger partial charge in [-0.3, -0.25) is 9.69 Å². The number of carbonyl (C=O) groups excluding carboxylic acids is 1. The number of likely N-dealkylation sites (N-methyl/N-ethyl adjacent to an activating group) is 1. The van der Waals surface area contributed by atoms with Gasteiger partial charge in [-0.15, -0.1) is 0 Å². The molecule has 0 aromatic rings. The second-order valence-corrected chi connectivity index (χ2v) is 4.07. The quantitative estimate of drug-likeness (QED) is 0.673. The lowest BCUT2D eigenvalue weighted by Crippen LogP contribution is -2.42. The van der Waals surface area contributed by atoms with E-state index in [0.717, 1.165) is 25.0 Å². The van der Waals surface area contributed by atoms with Crippen LogP contribution in [0.3, 0.4) is 0 Å². The van der Waals surface area contributed by atoms with E-state index in [1.165, 1.54) is 6.08 Å². The lowest BCUT2D eigenvalue weighted by atomic mass is 10.2. The van der Waals surface area contributed by atoms with Crippen LogP contribution in [0.25, 0.3) is 0 Å². The van der Waals surface area contributed by atoms with Crippen molar-refractivity contribution in [1.29, 1.82) is 0 Å². The summed E-state index contributed by atoms with van der Waals surface area (Å²) >= 11 is 0. The Morgan fingerprint density at radius 3 is 2.81 bits per heavy atom. The molecule has 1 unspecified atom stereocenters. The third-order valence-electron chi connectivity index (χ3n) is 2.74. The number of nitrogens with one attached hydrogen (secondary N) is 1. The SMILES string of the molecule is CNC(=O)C1CCCN1CC(C)=CC(=O)O. The van der Waals surface area contributed by atoms with Crippen molar-refractivity contribution >= 4 is 11.9 Å². The average Bonchev–Trinajstić information content (AvgIpc) is 2.63. The summed E-state index contributed by atoms with van der Waals surface area (Å²) in [6.07, 6.45) is 3.03. The predicted octanol–water partition coefficient (Wildman–Crippen LogP) is 0.228. The van der Waals surface area contributed by atoms with Crippen LogP contribution in [-0.2, 0) is 9.59 Å². The van der Waals surface area contributed by atoms with Crippen molar-refractivity contribution < 1.29 is 14.7 Å². The first-order chi connectivity index (χ1) is 7.54. The van der Waals surface area contributed by atoms with Crippen LogP contribution in [0, 0.1) is 0 Å². The van der Waals surface area contributed by atoms with Gasteiger partial charge in [-0.2, -0.15) is 0 Å². The smallest absolute Gasteiger partial charge is 0.328 e. The molecule has 0 spiro atoms. The third-order valence-corrected chi connectivity index (χ3v) is 2.74. The maximum atomic E-state index is 11.5. The minimum atomic E-state index is -0.937. The lowest BCUT2D eigenvalue weighted by Gasteiger charge is -2.23. The van der Waals surface area contributed by atoms with Gasteiger partial charge in [-0.05, 0) is 26.3 Å². The maximum absolute atomic E-state index is 11.5. The number of aliphatic carboxylic acids is 1. The molecule has 0 radical (unpaired) electrons. The first-order valence-electron chi connectivity index (χ1n) is 5.40. The van der Waals surface area contributed by atoms with E-state index in [1.54, 1.807) is 14.0 Å². The van der Waals surface area contributed by atoms with E-state index >= 15 is 0 Å². The second-order valence-electron chi connectivity index (χ2n) is 4.07. The molecule has 1 aliphatic rings. The first kappa shape index (κ1) is 12.7. The largest absolute Gasteiger partial charge is 0.478 e. The number of hydrogen-bond donors (Lipinski definition) is 2. The van der Waals surface area contributed by atoms with Crippen molar-refractivity contribution in [1.82, 2.24) is 10.2 Å². The zero-order valence-electron chi connectivity index (χ0n) is 9.69. The summed E-state index contributed by atoms with van der Waals surface area (Å²) in [6, 6.07) is -0.109. The van der Waals surface area contributed by atoms with E-state index in [-0.39, 0.29) is 11.9 Å². The fourth-order valence-electron chi connectivity index (χ4n) is 2.06. The molecule has 0 bridgehead atoms. The van der Waals surface area contributed by atoms with Crippen LogP contribution in [-0.4, -0.2) is 48.1 Å². The van der Waals surface area contributed by atoms with Crippen LogP contribution in [0.5, 0.6) is 0 Å². The standard InChI is InChI=1S/C11H18N2O3/c1-8(6-10(14)15)7-13-5-3-4-9(13)11(16)12-2/h6,9H,3-5,7H2,1-2H3,(H,12,16)(H,14,15). The molecule has 0 aromatic carbocycles. The van der Waals surface area contributed by atoms with Crippen LogP contribution < -0.4 is 5.32 Å². The summed E-state index contributed by atoms with van der Waals surface area (Å²) in [7, 11) is 1.62. The van der Waals surface area contributed by atoms with Crippen LogP contribution in [0.2, 0.25) is 0 Å². The first-order valence-corrected chi connectivity index (χ1v) is 5.40. The Kier molecular flexibility index (Phi) is 4.49. The van der Waals surface area contributed by atoms with Gasteiger partial charge in [0.1, 0.15) is 0 Å². The molecule has 1 saturated heterocycles. The van der Waals surface area contributed by atoms with Crippen LogP contribution in [0.4, 0.5) is 0 Å². The summed E-state index contributed by atoms with van der Waals surface area (Å²) < 4.78 is 0. The number of carbonyl (C=O) groups is 2. The van der Waals surface area contributed by atoms with Crippen molar-refractivity contribution in [2.45, 2.75) is 25.8 Å². The minimum absolute atomic E-state index is 0.0145. The normalized spacial score (nSPS) is 22.1. The summed E-state index contributed by atoms with van der Waals surface area (Å²) in [5.74, 6) is -0.922. The predicted molar refractivity (Wildman–Crippen MR) is 60.1 cm³/mol. The molecule has 1 atom stereocenters. The number of carboxylic acids is 1. The molecule has 0 saturated carbocycles. The Balaban J connectivity index is 2.59. The lowest BCUT2D eigenvalue weighted by molar-refractivity contribution is -0.131. The van der Waals surface area contributed by atoms with E-state index in [2.05, 4.69) is 5.32 Å². The molecule has 1 aliphatic heterocycles. The summed E-state index contributed by atoms with van der Waals surface area (Å²) in [4.78, 5) is 24.0. The highest BCUT2D eigenvalue weighted by atomic mass is 16.4. The van der Waals surface area contributed by atoms with Gasteiger partial charge in [-0.1, -0.05) is 5.57 Å². The zero-order valence-corrected chi connectivity index (χ0v) is 9.69. The fourth-order valence-corrected chi connectivity index (χ4v) is 2.06. The molecule has 1 rings (SSSR count). The molecule has 0 aromatic heterocycles. The van der Waals surface area contributed by atoms with Crippen molar-refractivity contribution in [3.8, 4) is 0 Å². The Morgan fingerprint density at radius 2 is 2.25 bits per heavy atom. The van der Waals surface area contributed by atoms with Gasteiger partial charge in [0.05, 0.1) is 6.04 Å². The van der Waals surface area contributed by atoms with Crippen LogP contribution >= 0.6 is 0 Å². The molecular formula is C11H18N2O3. The van der Waals surface area contributed by atoms with E-state index in [1.807, 2.05) is 4.90 Å². The Bertz CT molecular complexity index is 312. The highest BCUT2D eigenvalue weighted by Gasteiger charge is 2.29. The molecule has 1 fully saturated rings. The molecule has 1 heterocycles. The van der Waals surface area contributed by atoms with Gasteiger partial charge in [-0.25, -0.2) is 4.79 Å². The second kappa shape index (κ2) is 5.65. The fraction of sp³-hybridized carbons (Fsp3) is 0.636.